The second-order valence-corrected chi connectivity index (χ2v) is 3.98. The zero-order valence-corrected chi connectivity index (χ0v) is 9.63. The fraction of sp³-hybridized carbons (Fsp3) is 0.600. The van der Waals surface area contributed by atoms with Crippen LogP contribution in [0.5, 0.6) is 0 Å². The maximum Gasteiger partial charge on any atom is 0.320 e. The second kappa shape index (κ2) is 4.52. The normalized spacial score (nSPS) is 15.2. The Morgan fingerprint density at radius 3 is 2.71 bits per heavy atom. The molecular weight excluding hydrogens is 224 g/mol. The molecule has 17 heavy (non-hydrogen) atoms. The van der Waals surface area contributed by atoms with Gasteiger partial charge in [0.15, 0.2) is 0 Å². The molecule has 92 valence electrons. The highest BCUT2D eigenvalue weighted by atomic mass is 16.6. The lowest BCUT2D eigenvalue weighted by Gasteiger charge is -2.12. The summed E-state index contributed by atoms with van der Waals surface area (Å²) in [4.78, 5) is 24.0. The van der Waals surface area contributed by atoms with Gasteiger partial charge in [0, 0.05) is 19.6 Å². The minimum Gasteiger partial charge on any atom is -0.337 e. The van der Waals surface area contributed by atoms with E-state index in [4.69, 9.17) is 0 Å². The lowest BCUT2D eigenvalue weighted by Crippen LogP contribution is -2.28. The predicted molar refractivity (Wildman–Crippen MR) is 59.7 cm³/mol. The standard InChI is InChI=1S/C10H14N4O3/c1-2-13-7-8(14(16)17)9(11-13)10(15)12-5-3-4-6-12/h7H,2-6H2,1H3. The molecular formula is C10H14N4O3. The van der Waals surface area contributed by atoms with Crippen molar-refractivity contribution in [1.29, 1.82) is 0 Å². The van der Waals surface area contributed by atoms with E-state index in [1.54, 1.807) is 4.90 Å². The maximum atomic E-state index is 12.0. The zero-order valence-electron chi connectivity index (χ0n) is 9.63. The lowest BCUT2D eigenvalue weighted by atomic mass is 10.3. The van der Waals surface area contributed by atoms with E-state index in [0.717, 1.165) is 12.8 Å². The molecule has 0 spiro atoms. The molecule has 0 bridgehead atoms. The average molecular weight is 238 g/mol. The number of likely N-dealkylation sites (tertiary alicyclic amines) is 1. The van der Waals surface area contributed by atoms with Crippen molar-refractivity contribution in [2.75, 3.05) is 13.1 Å². The molecule has 2 rings (SSSR count). The Morgan fingerprint density at radius 1 is 1.53 bits per heavy atom. The maximum absolute atomic E-state index is 12.0. The minimum atomic E-state index is -0.553. The lowest BCUT2D eigenvalue weighted by molar-refractivity contribution is -0.385. The molecule has 1 fully saturated rings. The summed E-state index contributed by atoms with van der Waals surface area (Å²) in [6, 6.07) is 0. The van der Waals surface area contributed by atoms with E-state index < -0.39 is 4.92 Å². The topological polar surface area (TPSA) is 81.3 Å². The summed E-state index contributed by atoms with van der Waals surface area (Å²) < 4.78 is 1.42. The average Bonchev–Trinajstić information content (AvgIpc) is 2.97. The first-order valence-electron chi connectivity index (χ1n) is 5.64. The fourth-order valence-electron chi connectivity index (χ4n) is 1.93. The third-order valence-corrected chi connectivity index (χ3v) is 2.86. The van der Waals surface area contributed by atoms with Crippen LogP contribution in [0, 0.1) is 10.1 Å². The molecule has 0 radical (unpaired) electrons. The third kappa shape index (κ3) is 2.13. The first kappa shape index (κ1) is 11.6. The van der Waals surface area contributed by atoms with Gasteiger partial charge in [-0.2, -0.15) is 5.10 Å². The van der Waals surface area contributed by atoms with Crippen LogP contribution < -0.4 is 0 Å². The van der Waals surface area contributed by atoms with E-state index in [2.05, 4.69) is 5.10 Å². The van der Waals surface area contributed by atoms with E-state index in [1.165, 1.54) is 10.9 Å². The molecule has 2 heterocycles. The van der Waals surface area contributed by atoms with Crippen LogP contribution in [0.3, 0.4) is 0 Å². The molecule has 7 heteroatoms. The van der Waals surface area contributed by atoms with Gasteiger partial charge in [-0.1, -0.05) is 0 Å². The molecule has 7 nitrogen and oxygen atoms in total. The van der Waals surface area contributed by atoms with Crippen LogP contribution in [-0.4, -0.2) is 38.6 Å². The predicted octanol–water partition coefficient (Wildman–Crippen LogP) is 1.05. The second-order valence-electron chi connectivity index (χ2n) is 3.98. The smallest absolute Gasteiger partial charge is 0.320 e. The van der Waals surface area contributed by atoms with E-state index in [1.807, 2.05) is 6.92 Å². The molecule has 0 atom stereocenters. The van der Waals surface area contributed by atoms with Gasteiger partial charge in [0.25, 0.3) is 5.91 Å². The molecule has 0 aromatic carbocycles. The van der Waals surface area contributed by atoms with Gasteiger partial charge in [-0.25, -0.2) is 0 Å². The molecule has 0 unspecified atom stereocenters. The highest BCUT2D eigenvalue weighted by Crippen LogP contribution is 2.20. The van der Waals surface area contributed by atoms with E-state index >= 15 is 0 Å². The van der Waals surface area contributed by atoms with Gasteiger partial charge in [-0.3, -0.25) is 19.6 Å². The van der Waals surface area contributed by atoms with Crippen LogP contribution in [0.25, 0.3) is 0 Å². The summed E-state index contributed by atoms with van der Waals surface area (Å²) in [5.74, 6) is -0.332. The summed E-state index contributed by atoms with van der Waals surface area (Å²) in [6.45, 7) is 3.65. The Balaban J connectivity index is 2.32. The van der Waals surface area contributed by atoms with Crippen molar-refractivity contribution < 1.29 is 9.72 Å². The van der Waals surface area contributed by atoms with Gasteiger partial charge >= 0.3 is 5.69 Å². The van der Waals surface area contributed by atoms with Crippen LogP contribution in [-0.2, 0) is 6.54 Å². The van der Waals surface area contributed by atoms with Crippen molar-refractivity contribution in [1.82, 2.24) is 14.7 Å². The minimum absolute atomic E-state index is 0.0428. The molecule has 1 aliphatic rings. The van der Waals surface area contributed by atoms with Crippen LogP contribution in [0.15, 0.2) is 6.20 Å². The highest BCUT2D eigenvalue weighted by Gasteiger charge is 2.30. The molecule has 1 aliphatic heterocycles. The van der Waals surface area contributed by atoms with Gasteiger partial charge in [0.05, 0.1) is 4.92 Å². The monoisotopic (exact) mass is 238 g/mol. The Bertz CT molecular complexity index is 448. The van der Waals surface area contributed by atoms with Gasteiger partial charge in [-0.15, -0.1) is 0 Å². The number of rotatable bonds is 3. The molecule has 1 amide bonds. The quantitative estimate of drug-likeness (QED) is 0.582. The van der Waals surface area contributed by atoms with E-state index in [9.17, 15) is 14.9 Å². The number of nitrogens with zero attached hydrogens (tertiary/aromatic N) is 4. The summed E-state index contributed by atoms with van der Waals surface area (Å²) >= 11 is 0. The number of hydrogen-bond donors (Lipinski definition) is 0. The van der Waals surface area contributed by atoms with Crippen LogP contribution in [0.1, 0.15) is 30.3 Å². The summed E-state index contributed by atoms with van der Waals surface area (Å²) in [6.07, 6.45) is 3.21. The number of hydrogen-bond acceptors (Lipinski definition) is 4. The van der Waals surface area contributed by atoms with Crippen molar-refractivity contribution in [3.8, 4) is 0 Å². The first-order chi connectivity index (χ1) is 8.13. The number of aryl methyl sites for hydroxylation is 1. The molecule has 0 saturated carbocycles. The first-order valence-corrected chi connectivity index (χ1v) is 5.64. The van der Waals surface area contributed by atoms with E-state index in [-0.39, 0.29) is 17.3 Å². The number of carbonyl (C=O) groups is 1. The number of nitro groups is 1. The third-order valence-electron chi connectivity index (χ3n) is 2.86. The van der Waals surface area contributed by atoms with Crippen LogP contribution in [0.4, 0.5) is 5.69 Å². The van der Waals surface area contributed by atoms with Crippen molar-refractivity contribution in [3.63, 3.8) is 0 Å². The Labute approximate surface area is 98.2 Å². The number of carbonyl (C=O) groups excluding carboxylic acids is 1. The molecule has 0 N–H and O–H groups in total. The number of amides is 1. The van der Waals surface area contributed by atoms with Crippen molar-refractivity contribution >= 4 is 11.6 Å². The summed E-state index contributed by atoms with van der Waals surface area (Å²) in [7, 11) is 0. The van der Waals surface area contributed by atoms with Crippen LogP contribution in [0.2, 0.25) is 0 Å². The molecule has 1 aromatic heterocycles. The Hall–Kier alpha value is -1.92. The van der Waals surface area contributed by atoms with Gasteiger partial charge in [0.1, 0.15) is 6.20 Å². The van der Waals surface area contributed by atoms with Gasteiger partial charge in [-0.05, 0) is 19.8 Å². The van der Waals surface area contributed by atoms with Crippen LogP contribution >= 0.6 is 0 Å². The summed E-state index contributed by atoms with van der Waals surface area (Å²) in [5.41, 5.74) is -0.248. The fourth-order valence-corrected chi connectivity index (χ4v) is 1.93. The van der Waals surface area contributed by atoms with Crippen molar-refractivity contribution in [2.45, 2.75) is 26.3 Å². The number of aromatic nitrogens is 2. The summed E-state index contributed by atoms with van der Waals surface area (Å²) in [5, 5.41) is 14.8. The Kier molecular flexibility index (Phi) is 3.08. The largest absolute Gasteiger partial charge is 0.337 e. The highest BCUT2D eigenvalue weighted by molar-refractivity contribution is 5.96. The molecule has 1 aromatic rings. The van der Waals surface area contributed by atoms with Crippen molar-refractivity contribution in [2.24, 2.45) is 0 Å². The van der Waals surface area contributed by atoms with E-state index in [0.29, 0.717) is 19.6 Å². The zero-order chi connectivity index (χ0) is 12.4. The van der Waals surface area contributed by atoms with Crippen molar-refractivity contribution in [3.05, 3.63) is 22.0 Å². The van der Waals surface area contributed by atoms with Gasteiger partial charge in [0.2, 0.25) is 5.69 Å². The molecule has 0 aliphatic carbocycles. The Morgan fingerprint density at radius 2 is 2.18 bits per heavy atom. The van der Waals surface area contributed by atoms with Gasteiger partial charge < -0.3 is 4.90 Å². The SMILES string of the molecule is CCn1cc([N+](=O)[O-])c(C(=O)N2CCCC2)n1. The molecule has 1 saturated heterocycles.